The number of esters is 1. The lowest BCUT2D eigenvalue weighted by atomic mass is 9.94. The SMILES string of the molecule is CC(=O)N1C=Cc2ccccc2[C@H]1CC(=O)OCC(=O)c1sc2ccccc2c1C. The summed E-state index contributed by atoms with van der Waals surface area (Å²) in [7, 11) is 0. The van der Waals surface area contributed by atoms with Gasteiger partial charge in [0.2, 0.25) is 11.7 Å². The van der Waals surface area contributed by atoms with E-state index in [1.54, 1.807) is 6.20 Å². The molecule has 3 aromatic rings. The maximum atomic E-state index is 12.7. The highest BCUT2D eigenvalue weighted by Gasteiger charge is 2.29. The second-order valence-corrected chi connectivity index (χ2v) is 8.28. The van der Waals surface area contributed by atoms with Crippen molar-refractivity contribution in [1.82, 2.24) is 4.90 Å². The van der Waals surface area contributed by atoms with Gasteiger partial charge in [0.25, 0.3) is 0 Å². The molecular weight excluding hydrogens is 398 g/mol. The van der Waals surface area contributed by atoms with Crippen LogP contribution in [0.2, 0.25) is 0 Å². The zero-order valence-electron chi connectivity index (χ0n) is 16.8. The van der Waals surface area contributed by atoms with Crippen molar-refractivity contribution < 1.29 is 19.1 Å². The number of ketones is 1. The minimum absolute atomic E-state index is 0.0143. The van der Waals surface area contributed by atoms with Gasteiger partial charge in [-0.15, -0.1) is 11.3 Å². The van der Waals surface area contributed by atoms with Crippen molar-refractivity contribution >= 4 is 45.2 Å². The van der Waals surface area contributed by atoms with Gasteiger partial charge in [-0.25, -0.2) is 0 Å². The van der Waals surface area contributed by atoms with Gasteiger partial charge in [-0.1, -0.05) is 42.5 Å². The van der Waals surface area contributed by atoms with Gasteiger partial charge in [-0.2, -0.15) is 0 Å². The molecule has 1 atom stereocenters. The van der Waals surface area contributed by atoms with Crippen LogP contribution >= 0.6 is 11.3 Å². The van der Waals surface area contributed by atoms with Crippen molar-refractivity contribution in [1.29, 1.82) is 0 Å². The lowest BCUT2D eigenvalue weighted by molar-refractivity contribution is -0.144. The van der Waals surface area contributed by atoms with Crippen LogP contribution in [0.5, 0.6) is 0 Å². The minimum atomic E-state index is -0.511. The smallest absolute Gasteiger partial charge is 0.308 e. The first kappa shape index (κ1) is 20.0. The van der Waals surface area contributed by atoms with Gasteiger partial charge in [0.05, 0.1) is 17.3 Å². The van der Waals surface area contributed by atoms with E-state index >= 15 is 0 Å². The third-order valence-corrected chi connectivity index (χ3v) is 6.60. The van der Waals surface area contributed by atoms with Crippen molar-refractivity contribution in [3.05, 3.63) is 76.3 Å². The number of nitrogens with zero attached hydrogens (tertiary/aromatic N) is 1. The normalized spacial score (nSPS) is 15.1. The Bertz CT molecular complexity index is 1180. The maximum Gasteiger partial charge on any atom is 0.308 e. The number of carbonyl (C=O) groups is 3. The molecule has 5 nitrogen and oxygen atoms in total. The number of rotatable bonds is 5. The van der Waals surface area contributed by atoms with E-state index in [1.807, 2.05) is 61.5 Å². The van der Waals surface area contributed by atoms with Crippen LogP contribution in [0, 0.1) is 6.92 Å². The van der Waals surface area contributed by atoms with Crippen LogP contribution in [0.4, 0.5) is 0 Å². The fourth-order valence-electron chi connectivity index (χ4n) is 3.78. The first-order valence-corrected chi connectivity index (χ1v) is 10.5. The molecule has 1 aliphatic rings. The standard InChI is InChI=1S/C24H21NO4S/c1-15-18-8-5-6-10-22(18)30-24(15)21(27)14-29-23(28)13-20-19-9-4-3-7-17(19)11-12-25(20)16(2)26/h3-12,20H,13-14H2,1-2H3/t20-/m1/s1. The second kappa shape index (κ2) is 8.24. The molecule has 0 spiro atoms. The predicted molar refractivity (Wildman–Crippen MR) is 117 cm³/mol. The highest BCUT2D eigenvalue weighted by Crippen LogP contribution is 2.33. The predicted octanol–water partition coefficient (Wildman–Crippen LogP) is 4.90. The number of amides is 1. The Hall–Kier alpha value is -3.25. The number of hydrogen-bond acceptors (Lipinski definition) is 5. The molecule has 2 aromatic carbocycles. The summed E-state index contributed by atoms with van der Waals surface area (Å²) in [5, 5.41) is 1.04. The number of aryl methyl sites for hydroxylation is 1. The molecule has 0 saturated heterocycles. The average molecular weight is 420 g/mol. The Morgan fingerprint density at radius 3 is 2.57 bits per heavy atom. The van der Waals surface area contributed by atoms with Crippen LogP contribution in [0.1, 0.15) is 45.7 Å². The van der Waals surface area contributed by atoms with Gasteiger partial charge in [-0.05, 0) is 41.1 Å². The van der Waals surface area contributed by atoms with E-state index in [4.69, 9.17) is 4.74 Å². The lowest BCUT2D eigenvalue weighted by Crippen LogP contribution is -2.32. The van der Waals surface area contributed by atoms with E-state index in [-0.39, 0.29) is 24.7 Å². The Morgan fingerprint density at radius 2 is 1.80 bits per heavy atom. The van der Waals surface area contributed by atoms with Crippen LogP contribution < -0.4 is 0 Å². The number of ether oxygens (including phenoxy) is 1. The molecular formula is C24H21NO4S. The highest BCUT2D eigenvalue weighted by atomic mass is 32.1. The van der Waals surface area contributed by atoms with Gasteiger partial charge < -0.3 is 9.64 Å². The van der Waals surface area contributed by atoms with E-state index < -0.39 is 12.0 Å². The summed E-state index contributed by atoms with van der Waals surface area (Å²) < 4.78 is 6.35. The summed E-state index contributed by atoms with van der Waals surface area (Å²) in [5.74, 6) is -0.881. The molecule has 152 valence electrons. The second-order valence-electron chi connectivity index (χ2n) is 7.23. The molecule has 6 heteroatoms. The Labute approximate surface area is 178 Å². The van der Waals surface area contributed by atoms with E-state index in [1.165, 1.54) is 23.2 Å². The molecule has 1 amide bonds. The molecule has 0 aliphatic carbocycles. The van der Waals surface area contributed by atoms with Gasteiger partial charge in [0.15, 0.2) is 6.61 Å². The van der Waals surface area contributed by atoms with Crippen LogP contribution in [-0.2, 0) is 14.3 Å². The molecule has 0 N–H and O–H groups in total. The number of thiophene rings is 1. The molecule has 0 bridgehead atoms. The molecule has 0 unspecified atom stereocenters. The fraction of sp³-hybridized carbons (Fsp3) is 0.208. The fourth-order valence-corrected chi connectivity index (χ4v) is 4.92. The van der Waals surface area contributed by atoms with Crippen molar-refractivity contribution in [2.45, 2.75) is 26.3 Å². The summed E-state index contributed by atoms with van der Waals surface area (Å²) in [6, 6.07) is 15.0. The van der Waals surface area contributed by atoms with Crippen molar-refractivity contribution in [2.75, 3.05) is 6.61 Å². The largest absolute Gasteiger partial charge is 0.457 e. The quantitative estimate of drug-likeness (QED) is 0.436. The summed E-state index contributed by atoms with van der Waals surface area (Å²) in [6.45, 7) is 3.06. The van der Waals surface area contributed by atoms with Crippen LogP contribution in [0.25, 0.3) is 16.2 Å². The van der Waals surface area contributed by atoms with E-state index in [0.29, 0.717) is 4.88 Å². The first-order chi connectivity index (χ1) is 14.5. The van der Waals surface area contributed by atoms with E-state index in [9.17, 15) is 14.4 Å². The zero-order valence-corrected chi connectivity index (χ0v) is 17.6. The molecule has 0 saturated carbocycles. The molecule has 30 heavy (non-hydrogen) atoms. The lowest BCUT2D eigenvalue weighted by Gasteiger charge is -2.32. The Morgan fingerprint density at radius 1 is 1.07 bits per heavy atom. The number of carbonyl (C=O) groups excluding carboxylic acids is 3. The van der Waals surface area contributed by atoms with Crippen LogP contribution in [-0.4, -0.2) is 29.2 Å². The van der Waals surface area contributed by atoms with Gasteiger partial charge >= 0.3 is 5.97 Å². The Kier molecular flexibility index (Phi) is 5.50. The van der Waals surface area contributed by atoms with Crippen molar-refractivity contribution in [3.63, 3.8) is 0 Å². The van der Waals surface area contributed by atoms with Crippen LogP contribution in [0.15, 0.2) is 54.7 Å². The zero-order chi connectivity index (χ0) is 21.3. The van der Waals surface area contributed by atoms with Crippen LogP contribution in [0.3, 0.4) is 0 Å². The molecule has 0 radical (unpaired) electrons. The average Bonchev–Trinajstić information content (AvgIpc) is 3.09. The van der Waals surface area contributed by atoms with Gasteiger partial charge in [-0.3, -0.25) is 14.4 Å². The topological polar surface area (TPSA) is 63.7 Å². The summed E-state index contributed by atoms with van der Waals surface area (Å²) >= 11 is 1.41. The third kappa shape index (κ3) is 3.78. The molecule has 0 fully saturated rings. The molecule has 1 aliphatic heterocycles. The van der Waals surface area contributed by atoms with Crippen molar-refractivity contribution in [3.8, 4) is 0 Å². The monoisotopic (exact) mass is 419 g/mol. The number of Topliss-reactive ketones (excluding diaryl/α,β-unsaturated/α-hetero) is 1. The van der Waals surface area contributed by atoms with E-state index in [0.717, 1.165) is 26.8 Å². The Balaban J connectivity index is 1.46. The maximum absolute atomic E-state index is 12.7. The van der Waals surface area contributed by atoms with E-state index in [2.05, 4.69) is 0 Å². The van der Waals surface area contributed by atoms with Gasteiger partial charge in [0.1, 0.15) is 0 Å². The number of fused-ring (bicyclic) bond motifs is 2. The first-order valence-electron chi connectivity index (χ1n) is 9.68. The number of hydrogen-bond donors (Lipinski definition) is 0. The summed E-state index contributed by atoms with van der Waals surface area (Å²) in [5.41, 5.74) is 2.76. The summed E-state index contributed by atoms with van der Waals surface area (Å²) in [6.07, 6.45) is 3.53. The van der Waals surface area contributed by atoms with Gasteiger partial charge in [0, 0.05) is 17.8 Å². The molecule has 2 heterocycles. The highest BCUT2D eigenvalue weighted by molar-refractivity contribution is 7.21. The molecule has 4 rings (SSSR count). The number of benzene rings is 2. The minimum Gasteiger partial charge on any atom is -0.457 e. The van der Waals surface area contributed by atoms with Crippen molar-refractivity contribution in [2.24, 2.45) is 0 Å². The molecule has 1 aromatic heterocycles. The third-order valence-electron chi connectivity index (χ3n) is 5.29. The summed E-state index contributed by atoms with van der Waals surface area (Å²) in [4.78, 5) is 39.4.